The lowest BCUT2D eigenvalue weighted by Crippen LogP contribution is -2.53. The molecular formula is C14H27N3O2. The summed E-state index contributed by atoms with van der Waals surface area (Å²) in [6.07, 6.45) is 6.38. The number of fused-ring (bicyclic) bond motifs is 1. The summed E-state index contributed by atoms with van der Waals surface area (Å²) in [6.45, 7) is 6.90. The summed E-state index contributed by atoms with van der Waals surface area (Å²) in [7, 11) is 0. The van der Waals surface area contributed by atoms with E-state index in [4.69, 9.17) is 15.7 Å². The van der Waals surface area contributed by atoms with Crippen molar-refractivity contribution >= 4 is 5.84 Å². The Balaban J connectivity index is 1.91. The summed E-state index contributed by atoms with van der Waals surface area (Å²) in [5, 5.41) is 12.0. The van der Waals surface area contributed by atoms with E-state index in [2.05, 4.69) is 10.1 Å². The van der Waals surface area contributed by atoms with Gasteiger partial charge in [0.25, 0.3) is 0 Å². The van der Waals surface area contributed by atoms with Crippen LogP contribution in [0.4, 0.5) is 0 Å². The van der Waals surface area contributed by atoms with E-state index in [-0.39, 0.29) is 5.41 Å². The zero-order chi connectivity index (χ0) is 13.9. The molecule has 1 saturated carbocycles. The van der Waals surface area contributed by atoms with Crippen LogP contribution in [0.25, 0.3) is 0 Å². The molecule has 1 aliphatic carbocycles. The number of nitrogens with zero attached hydrogens (tertiary/aromatic N) is 2. The number of rotatable bonds is 4. The van der Waals surface area contributed by atoms with Crippen LogP contribution < -0.4 is 5.73 Å². The Kier molecular flexibility index (Phi) is 4.68. The topological polar surface area (TPSA) is 71.1 Å². The number of nitrogens with two attached hydrogens (primary N) is 1. The van der Waals surface area contributed by atoms with Crippen molar-refractivity contribution in [3.63, 3.8) is 0 Å². The second-order valence-corrected chi connectivity index (χ2v) is 6.42. The average molecular weight is 269 g/mol. The Morgan fingerprint density at radius 1 is 1.42 bits per heavy atom. The molecule has 0 aromatic carbocycles. The average Bonchev–Trinajstić information content (AvgIpc) is 2.44. The minimum absolute atomic E-state index is 0.253. The molecule has 0 aromatic heterocycles. The standard InChI is InChI=1S/C14H27N3O2/c1-14(2,13(15)16-18)7-8-17-9-10-19-12-6-4-3-5-11(12)17/h11-12,18H,3-10H2,1-2H3,(H2,15,16). The van der Waals surface area contributed by atoms with Crippen LogP contribution in [0.3, 0.4) is 0 Å². The SMILES string of the molecule is CC(C)(CCN1CCOC2CCCCC21)C(N)=NO. The number of amidine groups is 1. The summed E-state index contributed by atoms with van der Waals surface area (Å²) < 4.78 is 5.88. The lowest BCUT2D eigenvalue weighted by Gasteiger charge is -2.44. The van der Waals surface area contributed by atoms with E-state index in [0.717, 1.165) is 26.1 Å². The van der Waals surface area contributed by atoms with Gasteiger partial charge in [-0.25, -0.2) is 0 Å². The molecule has 2 aliphatic rings. The number of morpholine rings is 1. The molecule has 5 nitrogen and oxygen atoms in total. The van der Waals surface area contributed by atoms with Gasteiger partial charge in [-0.2, -0.15) is 0 Å². The normalized spacial score (nSPS) is 30.1. The first-order valence-electron chi connectivity index (χ1n) is 7.38. The molecule has 2 rings (SSSR count). The molecule has 1 aliphatic heterocycles. The minimum atomic E-state index is -0.253. The molecule has 3 N–H and O–H groups in total. The number of oxime groups is 1. The zero-order valence-corrected chi connectivity index (χ0v) is 12.1. The molecule has 0 bridgehead atoms. The van der Waals surface area contributed by atoms with Crippen molar-refractivity contribution in [2.45, 2.75) is 58.1 Å². The molecule has 2 atom stereocenters. The molecule has 2 unspecified atom stereocenters. The first-order chi connectivity index (χ1) is 9.04. The van der Waals surface area contributed by atoms with Gasteiger partial charge in [-0.05, 0) is 25.8 Å². The van der Waals surface area contributed by atoms with Gasteiger partial charge in [0.05, 0.1) is 12.7 Å². The maximum Gasteiger partial charge on any atom is 0.144 e. The van der Waals surface area contributed by atoms with Crippen LogP contribution in [-0.2, 0) is 4.74 Å². The highest BCUT2D eigenvalue weighted by atomic mass is 16.5. The van der Waals surface area contributed by atoms with E-state index in [1.54, 1.807) is 0 Å². The van der Waals surface area contributed by atoms with Gasteiger partial charge in [-0.1, -0.05) is 31.8 Å². The maximum absolute atomic E-state index is 8.82. The number of ether oxygens (including phenoxy) is 1. The Morgan fingerprint density at radius 2 is 2.16 bits per heavy atom. The fourth-order valence-corrected chi connectivity index (χ4v) is 3.14. The number of hydrogen-bond acceptors (Lipinski definition) is 4. The fraction of sp³-hybridized carbons (Fsp3) is 0.929. The molecule has 0 aromatic rings. The predicted molar refractivity (Wildman–Crippen MR) is 75.4 cm³/mol. The highest BCUT2D eigenvalue weighted by Gasteiger charge is 2.35. The quantitative estimate of drug-likeness (QED) is 0.353. The Morgan fingerprint density at radius 3 is 2.89 bits per heavy atom. The van der Waals surface area contributed by atoms with Crippen molar-refractivity contribution in [2.75, 3.05) is 19.7 Å². The van der Waals surface area contributed by atoms with Crippen LogP contribution in [0.1, 0.15) is 46.0 Å². The minimum Gasteiger partial charge on any atom is -0.409 e. The van der Waals surface area contributed by atoms with Gasteiger partial charge < -0.3 is 15.7 Å². The number of hydrogen-bond donors (Lipinski definition) is 2. The second kappa shape index (κ2) is 6.09. The van der Waals surface area contributed by atoms with E-state index in [1.165, 1.54) is 25.7 Å². The molecule has 1 heterocycles. The van der Waals surface area contributed by atoms with Gasteiger partial charge in [-0.3, -0.25) is 4.90 Å². The molecule has 0 radical (unpaired) electrons. The van der Waals surface area contributed by atoms with Crippen LogP contribution in [0.2, 0.25) is 0 Å². The van der Waals surface area contributed by atoms with Crippen molar-refractivity contribution in [3.8, 4) is 0 Å². The zero-order valence-electron chi connectivity index (χ0n) is 12.1. The van der Waals surface area contributed by atoms with E-state index in [9.17, 15) is 0 Å². The van der Waals surface area contributed by atoms with E-state index < -0.39 is 0 Å². The van der Waals surface area contributed by atoms with Gasteiger partial charge in [0, 0.05) is 18.0 Å². The van der Waals surface area contributed by atoms with E-state index in [0.29, 0.717) is 18.0 Å². The first kappa shape index (κ1) is 14.6. The van der Waals surface area contributed by atoms with Crippen LogP contribution in [0.5, 0.6) is 0 Å². The fourth-order valence-electron chi connectivity index (χ4n) is 3.14. The summed E-state index contributed by atoms with van der Waals surface area (Å²) in [5.74, 6) is 0.320. The molecule has 19 heavy (non-hydrogen) atoms. The van der Waals surface area contributed by atoms with Gasteiger partial charge in [0.2, 0.25) is 0 Å². The van der Waals surface area contributed by atoms with Gasteiger partial charge in [0.15, 0.2) is 0 Å². The summed E-state index contributed by atoms with van der Waals surface area (Å²) in [4.78, 5) is 2.54. The lowest BCUT2D eigenvalue weighted by molar-refractivity contribution is -0.0894. The van der Waals surface area contributed by atoms with Crippen LogP contribution in [-0.4, -0.2) is 47.8 Å². The van der Waals surface area contributed by atoms with Crippen molar-refractivity contribution < 1.29 is 9.94 Å². The third-order valence-corrected chi connectivity index (χ3v) is 4.67. The molecule has 5 heteroatoms. The van der Waals surface area contributed by atoms with E-state index in [1.807, 2.05) is 13.8 Å². The molecule has 110 valence electrons. The predicted octanol–water partition coefficient (Wildman–Crippen LogP) is 1.79. The van der Waals surface area contributed by atoms with Crippen LogP contribution >= 0.6 is 0 Å². The Hall–Kier alpha value is -0.810. The molecule has 0 amide bonds. The summed E-state index contributed by atoms with van der Waals surface area (Å²) in [5.41, 5.74) is 5.50. The van der Waals surface area contributed by atoms with Crippen LogP contribution in [0.15, 0.2) is 5.16 Å². The second-order valence-electron chi connectivity index (χ2n) is 6.42. The third kappa shape index (κ3) is 3.39. The van der Waals surface area contributed by atoms with Crippen molar-refractivity contribution in [1.82, 2.24) is 4.90 Å². The highest BCUT2D eigenvalue weighted by Crippen LogP contribution is 2.30. The smallest absolute Gasteiger partial charge is 0.144 e. The molecule has 2 fully saturated rings. The first-order valence-corrected chi connectivity index (χ1v) is 7.38. The molecular weight excluding hydrogens is 242 g/mol. The largest absolute Gasteiger partial charge is 0.409 e. The summed E-state index contributed by atoms with van der Waals surface area (Å²) >= 11 is 0. The van der Waals surface area contributed by atoms with Crippen molar-refractivity contribution in [2.24, 2.45) is 16.3 Å². The lowest BCUT2D eigenvalue weighted by atomic mass is 9.86. The molecule has 0 spiro atoms. The highest BCUT2D eigenvalue weighted by molar-refractivity contribution is 5.85. The van der Waals surface area contributed by atoms with Crippen molar-refractivity contribution in [1.29, 1.82) is 0 Å². The van der Waals surface area contributed by atoms with Gasteiger partial charge in [0.1, 0.15) is 5.84 Å². The summed E-state index contributed by atoms with van der Waals surface area (Å²) in [6, 6.07) is 0.575. The van der Waals surface area contributed by atoms with Crippen LogP contribution in [0, 0.1) is 5.41 Å². The Bertz CT molecular complexity index is 329. The third-order valence-electron chi connectivity index (χ3n) is 4.67. The monoisotopic (exact) mass is 269 g/mol. The van der Waals surface area contributed by atoms with Gasteiger partial charge >= 0.3 is 0 Å². The van der Waals surface area contributed by atoms with Gasteiger partial charge in [-0.15, -0.1) is 0 Å². The Labute approximate surface area is 115 Å². The van der Waals surface area contributed by atoms with Crippen molar-refractivity contribution in [3.05, 3.63) is 0 Å². The van der Waals surface area contributed by atoms with E-state index >= 15 is 0 Å². The molecule has 1 saturated heterocycles. The maximum atomic E-state index is 8.82.